The molecule has 1 aromatic carbocycles. The van der Waals surface area contributed by atoms with Crippen LogP contribution in [0.15, 0.2) is 23.2 Å². The van der Waals surface area contributed by atoms with Crippen LogP contribution in [-0.2, 0) is 15.4 Å². The van der Waals surface area contributed by atoms with Crippen molar-refractivity contribution < 1.29 is 14.2 Å². The lowest BCUT2D eigenvalue weighted by Gasteiger charge is -2.25. The molecule has 0 amide bonds. The number of amidine groups is 1. The number of aliphatic imine (C=N–C) groups is 1. The fourth-order valence-electron chi connectivity index (χ4n) is 3.12. The van der Waals surface area contributed by atoms with E-state index in [1.165, 1.54) is 0 Å². The maximum absolute atomic E-state index is 6.17. The first-order valence-corrected chi connectivity index (χ1v) is 8.74. The van der Waals surface area contributed by atoms with Crippen molar-refractivity contribution in [1.29, 1.82) is 0 Å². The number of benzene rings is 1. The van der Waals surface area contributed by atoms with Gasteiger partial charge >= 0.3 is 0 Å². The minimum Gasteiger partial charge on any atom is -0.493 e. The smallest absolute Gasteiger partial charge is 0.300 e. The number of hydrogen-bond donors (Lipinski definition) is 1. The van der Waals surface area contributed by atoms with Crippen LogP contribution in [0, 0.1) is 11.8 Å². The van der Waals surface area contributed by atoms with Crippen LogP contribution in [0.5, 0.6) is 5.75 Å². The molecule has 2 atom stereocenters. The molecular formula is C19H30N2O3. The molecule has 0 aliphatic carbocycles. The Bertz CT molecular complexity index is 586. The Labute approximate surface area is 145 Å². The Balaban J connectivity index is 2.23. The molecule has 0 aromatic heterocycles. The van der Waals surface area contributed by atoms with Gasteiger partial charge in [-0.05, 0) is 30.7 Å². The molecule has 1 aliphatic rings. The summed E-state index contributed by atoms with van der Waals surface area (Å²) in [5.41, 5.74) is 7.76. The largest absolute Gasteiger partial charge is 0.493 e. The van der Waals surface area contributed by atoms with Crippen molar-refractivity contribution in [3.63, 3.8) is 0 Å². The molecule has 1 aromatic rings. The van der Waals surface area contributed by atoms with Crippen LogP contribution in [0.3, 0.4) is 0 Å². The third kappa shape index (κ3) is 3.90. The summed E-state index contributed by atoms with van der Waals surface area (Å²) in [7, 11) is 1.58. The van der Waals surface area contributed by atoms with E-state index in [1.807, 2.05) is 25.1 Å². The highest BCUT2D eigenvalue weighted by Gasteiger charge is 2.42. The second kappa shape index (κ2) is 7.99. The summed E-state index contributed by atoms with van der Waals surface area (Å²) < 4.78 is 17.5. The third-order valence-corrected chi connectivity index (χ3v) is 4.07. The van der Waals surface area contributed by atoms with Gasteiger partial charge in [0.1, 0.15) is 11.6 Å². The van der Waals surface area contributed by atoms with Gasteiger partial charge in [-0.15, -0.1) is 0 Å². The zero-order chi connectivity index (χ0) is 17.7. The predicted molar refractivity (Wildman–Crippen MR) is 96.2 cm³/mol. The number of nitrogens with zero attached hydrogens (tertiary/aromatic N) is 1. The first-order valence-electron chi connectivity index (χ1n) is 8.74. The molecule has 5 heteroatoms. The van der Waals surface area contributed by atoms with Crippen molar-refractivity contribution in [2.75, 3.05) is 20.3 Å². The minimum atomic E-state index is -1.15. The molecule has 24 heavy (non-hydrogen) atoms. The molecule has 1 heterocycles. The summed E-state index contributed by atoms with van der Waals surface area (Å²) in [5.74, 6) is 1.11. The number of ether oxygens (including phenoxy) is 3. The van der Waals surface area contributed by atoms with Gasteiger partial charge in [0.05, 0.1) is 24.3 Å². The van der Waals surface area contributed by atoms with E-state index in [1.54, 1.807) is 7.11 Å². The normalized spacial score (nSPS) is 20.8. The van der Waals surface area contributed by atoms with E-state index in [9.17, 15) is 0 Å². The first-order chi connectivity index (χ1) is 11.4. The zero-order valence-electron chi connectivity index (χ0n) is 15.5. The van der Waals surface area contributed by atoms with E-state index in [-0.39, 0.29) is 0 Å². The van der Waals surface area contributed by atoms with E-state index in [0.29, 0.717) is 30.9 Å². The average Bonchev–Trinajstić information content (AvgIpc) is 2.84. The van der Waals surface area contributed by atoms with Gasteiger partial charge in [-0.3, -0.25) is 0 Å². The van der Waals surface area contributed by atoms with E-state index in [2.05, 4.69) is 25.8 Å². The van der Waals surface area contributed by atoms with Crippen molar-refractivity contribution >= 4 is 5.84 Å². The molecule has 0 saturated carbocycles. The predicted octanol–water partition coefficient (Wildman–Crippen LogP) is 3.65. The molecule has 2 rings (SSSR count). The van der Waals surface area contributed by atoms with Gasteiger partial charge in [0.2, 0.25) is 0 Å². The molecular weight excluding hydrogens is 304 g/mol. The summed E-state index contributed by atoms with van der Waals surface area (Å²) in [4.78, 5) is 4.45. The Kier molecular flexibility index (Phi) is 6.24. The molecule has 5 nitrogen and oxygen atoms in total. The third-order valence-electron chi connectivity index (χ3n) is 4.07. The van der Waals surface area contributed by atoms with Crippen molar-refractivity contribution in [3.05, 3.63) is 29.3 Å². The summed E-state index contributed by atoms with van der Waals surface area (Å²) >= 11 is 0. The molecule has 0 saturated heterocycles. The van der Waals surface area contributed by atoms with Gasteiger partial charge in [0.25, 0.3) is 5.91 Å². The standard InChI is InChI=1S/C19H30N2O3/c1-6-10-24-19(22-5)15-8-7-9-16(17(15)18(20)21-19)23-12-14(4)11-13(2)3/h7-9,13-14H,6,10-12H2,1-5H3,(H2,20,21). The van der Waals surface area contributed by atoms with Gasteiger partial charge < -0.3 is 19.9 Å². The number of fused-ring (bicyclic) bond motifs is 1. The molecule has 2 unspecified atom stereocenters. The summed E-state index contributed by atoms with van der Waals surface area (Å²) in [6.07, 6.45) is 2.00. The lowest BCUT2D eigenvalue weighted by atomic mass is 10.00. The molecule has 0 bridgehead atoms. The van der Waals surface area contributed by atoms with Gasteiger partial charge in [-0.25, -0.2) is 4.99 Å². The van der Waals surface area contributed by atoms with E-state index >= 15 is 0 Å². The molecule has 0 radical (unpaired) electrons. The maximum atomic E-state index is 6.17. The summed E-state index contributed by atoms with van der Waals surface area (Å²) in [5, 5.41) is 0. The van der Waals surface area contributed by atoms with Crippen LogP contribution in [0.2, 0.25) is 0 Å². The summed E-state index contributed by atoms with van der Waals surface area (Å²) in [6.45, 7) is 9.88. The lowest BCUT2D eigenvalue weighted by molar-refractivity contribution is -0.224. The Morgan fingerprint density at radius 1 is 1.25 bits per heavy atom. The van der Waals surface area contributed by atoms with Crippen LogP contribution in [-0.4, -0.2) is 26.2 Å². The molecule has 1 aliphatic heterocycles. The minimum absolute atomic E-state index is 0.398. The van der Waals surface area contributed by atoms with Crippen molar-refractivity contribution in [1.82, 2.24) is 0 Å². The molecule has 2 N–H and O–H groups in total. The van der Waals surface area contributed by atoms with Crippen molar-refractivity contribution in [2.45, 2.75) is 46.4 Å². The highest BCUT2D eigenvalue weighted by Crippen LogP contribution is 2.40. The number of hydrogen-bond acceptors (Lipinski definition) is 5. The van der Waals surface area contributed by atoms with E-state index < -0.39 is 5.91 Å². The number of nitrogens with two attached hydrogens (primary N) is 1. The maximum Gasteiger partial charge on any atom is 0.300 e. The second-order valence-electron chi connectivity index (χ2n) is 6.86. The van der Waals surface area contributed by atoms with Crippen LogP contribution >= 0.6 is 0 Å². The number of rotatable bonds is 9. The van der Waals surface area contributed by atoms with Gasteiger partial charge in [0.15, 0.2) is 0 Å². The zero-order valence-corrected chi connectivity index (χ0v) is 15.5. The quantitative estimate of drug-likeness (QED) is 0.700. The molecule has 134 valence electrons. The fourth-order valence-corrected chi connectivity index (χ4v) is 3.12. The second-order valence-corrected chi connectivity index (χ2v) is 6.86. The van der Waals surface area contributed by atoms with E-state index in [4.69, 9.17) is 19.9 Å². The molecule has 0 spiro atoms. The Morgan fingerprint density at radius 2 is 2.00 bits per heavy atom. The van der Waals surface area contributed by atoms with Crippen LogP contribution < -0.4 is 10.5 Å². The monoisotopic (exact) mass is 334 g/mol. The van der Waals surface area contributed by atoms with E-state index in [0.717, 1.165) is 29.7 Å². The highest BCUT2D eigenvalue weighted by atomic mass is 16.7. The fraction of sp³-hybridized carbons (Fsp3) is 0.632. The van der Waals surface area contributed by atoms with Gasteiger partial charge in [0, 0.05) is 7.11 Å². The van der Waals surface area contributed by atoms with Crippen LogP contribution in [0.25, 0.3) is 0 Å². The molecule has 0 fully saturated rings. The van der Waals surface area contributed by atoms with Gasteiger partial charge in [-0.2, -0.15) is 0 Å². The Morgan fingerprint density at radius 3 is 2.62 bits per heavy atom. The lowest BCUT2D eigenvalue weighted by Crippen LogP contribution is -2.28. The van der Waals surface area contributed by atoms with Gasteiger partial charge in [-0.1, -0.05) is 39.8 Å². The van der Waals surface area contributed by atoms with Crippen molar-refractivity contribution in [3.8, 4) is 5.75 Å². The first kappa shape index (κ1) is 18.7. The summed E-state index contributed by atoms with van der Waals surface area (Å²) in [6, 6.07) is 5.79. The highest BCUT2D eigenvalue weighted by molar-refractivity contribution is 6.04. The number of methoxy groups -OCH3 is 1. The SMILES string of the molecule is CCCOC1(OC)N=C(N)c2c(OCC(C)CC(C)C)cccc21. The van der Waals surface area contributed by atoms with Crippen LogP contribution in [0.4, 0.5) is 0 Å². The Hall–Kier alpha value is -1.59. The van der Waals surface area contributed by atoms with Crippen LogP contribution in [0.1, 0.15) is 51.7 Å². The topological polar surface area (TPSA) is 66.1 Å². The van der Waals surface area contributed by atoms with Crippen molar-refractivity contribution in [2.24, 2.45) is 22.6 Å². The average molecular weight is 334 g/mol.